The van der Waals surface area contributed by atoms with E-state index in [2.05, 4.69) is 31.0 Å². The van der Waals surface area contributed by atoms with Gasteiger partial charge in [-0.1, -0.05) is 19.9 Å². The smallest absolute Gasteiger partial charge is 0.119 e. The average molecular weight is 246 g/mol. The number of hydrogen-bond acceptors (Lipinski definition) is 3. The summed E-state index contributed by atoms with van der Waals surface area (Å²) in [6, 6.07) is 6.32. The van der Waals surface area contributed by atoms with Crippen LogP contribution in [0.15, 0.2) is 23.2 Å². The van der Waals surface area contributed by atoms with E-state index in [4.69, 9.17) is 10.5 Å². The molecule has 0 bridgehead atoms. The fourth-order valence-electron chi connectivity index (χ4n) is 2.84. The normalized spacial score (nSPS) is 29.2. The van der Waals surface area contributed by atoms with Crippen molar-refractivity contribution in [3.63, 3.8) is 0 Å². The van der Waals surface area contributed by atoms with Gasteiger partial charge in [0, 0.05) is 18.2 Å². The summed E-state index contributed by atoms with van der Waals surface area (Å²) in [5.41, 5.74) is 10.1. The molecule has 98 valence electrons. The van der Waals surface area contributed by atoms with Crippen LogP contribution in [0.1, 0.15) is 31.4 Å². The van der Waals surface area contributed by atoms with Gasteiger partial charge in [0.25, 0.3) is 0 Å². The van der Waals surface area contributed by atoms with Gasteiger partial charge in [0.15, 0.2) is 0 Å². The topological polar surface area (TPSA) is 47.6 Å². The van der Waals surface area contributed by atoms with Crippen LogP contribution in [0.3, 0.4) is 0 Å². The van der Waals surface area contributed by atoms with Gasteiger partial charge in [0.1, 0.15) is 5.75 Å². The van der Waals surface area contributed by atoms with Crippen molar-refractivity contribution >= 4 is 5.71 Å². The maximum atomic E-state index is 6.29. The average Bonchev–Trinajstić information content (AvgIpc) is 2.42. The molecule has 0 aliphatic heterocycles. The predicted octanol–water partition coefficient (Wildman–Crippen LogP) is 2.32. The molecule has 0 spiro atoms. The summed E-state index contributed by atoms with van der Waals surface area (Å²) in [5, 5.41) is 0. The Morgan fingerprint density at radius 3 is 2.72 bits per heavy atom. The van der Waals surface area contributed by atoms with Crippen LogP contribution in [0, 0.1) is 0 Å². The van der Waals surface area contributed by atoms with E-state index in [0.717, 1.165) is 24.3 Å². The van der Waals surface area contributed by atoms with Gasteiger partial charge in [-0.2, -0.15) is 0 Å². The molecule has 0 amide bonds. The van der Waals surface area contributed by atoms with Crippen LogP contribution in [0.5, 0.6) is 5.75 Å². The Kier molecular flexibility index (Phi) is 3.44. The van der Waals surface area contributed by atoms with Gasteiger partial charge in [0.2, 0.25) is 0 Å². The van der Waals surface area contributed by atoms with Crippen molar-refractivity contribution < 1.29 is 4.74 Å². The number of methoxy groups -OCH3 is 1. The van der Waals surface area contributed by atoms with E-state index in [0.29, 0.717) is 0 Å². The van der Waals surface area contributed by atoms with E-state index < -0.39 is 0 Å². The van der Waals surface area contributed by atoms with Gasteiger partial charge in [-0.05, 0) is 36.1 Å². The molecule has 1 aromatic rings. The highest BCUT2D eigenvalue weighted by Crippen LogP contribution is 2.43. The predicted molar refractivity (Wildman–Crippen MR) is 75.7 cm³/mol. The van der Waals surface area contributed by atoms with E-state index >= 15 is 0 Å². The Morgan fingerprint density at radius 1 is 1.50 bits per heavy atom. The molecular weight excluding hydrogens is 224 g/mol. The first-order valence-electron chi connectivity index (χ1n) is 6.45. The van der Waals surface area contributed by atoms with Crippen LogP contribution in [-0.2, 0) is 11.8 Å². The lowest BCUT2D eigenvalue weighted by molar-refractivity contribution is 0.375. The molecule has 1 aliphatic rings. The van der Waals surface area contributed by atoms with E-state index in [9.17, 15) is 0 Å². The molecule has 0 saturated heterocycles. The highest BCUT2D eigenvalue weighted by molar-refractivity contribution is 5.99. The summed E-state index contributed by atoms with van der Waals surface area (Å²) in [6.07, 6.45) is 1.96. The van der Waals surface area contributed by atoms with E-state index in [1.165, 1.54) is 11.1 Å². The van der Waals surface area contributed by atoms with Crippen LogP contribution in [-0.4, -0.2) is 25.9 Å². The summed E-state index contributed by atoms with van der Waals surface area (Å²) in [4.78, 5) is 4.25. The largest absolute Gasteiger partial charge is 0.497 e. The number of aliphatic imine (C=N–C) groups is 1. The van der Waals surface area contributed by atoms with Crippen molar-refractivity contribution in [3.05, 3.63) is 29.3 Å². The monoisotopic (exact) mass is 246 g/mol. The van der Waals surface area contributed by atoms with Gasteiger partial charge >= 0.3 is 0 Å². The highest BCUT2D eigenvalue weighted by atomic mass is 16.5. The maximum absolute atomic E-state index is 6.29. The summed E-state index contributed by atoms with van der Waals surface area (Å²) in [7, 11) is 3.52. The molecule has 2 atom stereocenters. The third-order valence-electron chi connectivity index (χ3n) is 4.19. The third kappa shape index (κ3) is 1.83. The fraction of sp³-hybridized carbons (Fsp3) is 0.533. The van der Waals surface area contributed by atoms with Gasteiger partial charge in [-0.25, -0.2) is 0 Å². The van der Waals surface area contributed by atoms with Crippen molar-refractivity contribution in [1.29, 1.82) is 0 Å². The van der Waals surface area contributed by atoms with Gasteiger partial charge < -0.3 is 10.5 Å². The van der Waals surface area contributed by atoms with Crippen molar-refractivity contribution in [2.45, 2.75) is 38.1 Å². The SMILES string of the molecule is CCc1ccc(OC)cc1[C@@]1(C)C/C(=N/C)[C@@H]1N. The third-order valence-corrected chi connectivity index (χ3v) is 4.19. The first kappa shape index (κ1) is 13.1. The van der Waals surface area contributed by atoms with E-state index in [1.54, 1.807) is 7.11 Å². The second-order valence-electron chi connectivity index (χ2n) is 5.16. The number of nitrogens with two attached hydrogens (primary N) is 1. The van der Waals surface area contributed by atoms with Crippen molar-refractivity contribution in [3.8, 4) is 5.75 Å². The van der Waals surface area contributed by atoms with Crippen molar-refractivity contribution in [2.75, 3.05) is 14.2 Å². The van der Waals surface area contributed by atoms with Gasteiger partial charge in [0.05, 0.1) is 13.2 Å². The molecule has 0 radical (unpaired) electrons. The number of nitrogens with zero attached hydrogens (tertiary/aromatic N) is 1. The number of aryl methyl sites for hydroxylation is 1. The summed E-state index contributed by atoms with van der Waals surface area (Å²) < 4.78 is 5.34. The Labute approximate surface area is 109 Å². The highest BCUT2D eigenvalue weighted by Gasteiger charge is 2.47. The second kappa shape index (κ2) is 4.73. The number of ether oxygens (including phenoxy) is 1. The summed E-state index contributed by atoms with van der Waals surface area (Å²) >= 11 is 0. The second-order valence-corrected chi connectivity index (χ2v) is 5.16. The number of hydrogen-bond donors (Lipinski definition) is 1. The quantitative estimate of drug-likeness (QED) is 0.889. The molecule has 0 unspecified atom stereocenters. The Balaban J connectivity index is 2.44. The first-order chi connectivity index (χ1) is 8.56. The maximum Gasteiger partial charge on any atom is 0.119 e. The van der Waals surface area contributed by atoms with Crippen LogP contribution < -0.4 is 10.5 Å². The molecule has 1 aromatic carbocycles. The molecule has 2 rings (SSSR count). The van der Waals surface area contributed by atoms with Gasteiger partial charge in [-0.15, -0.1) is 0 Å². The fourth-order valence-corrected chi connectivity index (χ4v) is 2.84. The van der Waals surface area contributed by atoms with Crippen molar-refractivity contribution in [2.24, 2.45) is 10.7 Å². The van der Waals surface area contributed by atoms with E-state index in [1.807, 2.05) is 13.1 Å². The molecule has 2 N–H and O–H groups in total. The zero-order valence-corrected chi connectivity index (χ0v) is 11.7. The van der Waals surface area contributed by atoms with Gasteiger partial charge in [-0.3, -0.25) is 4.99 Å². The molecule has 0 heterocycles. The molecule has 1 fully saturated rings. The minimum atomic E-state index is -0.00523. The molecule has 3 heteroatoms. The molecule has 1 aliphatic carbocycles. The molecule has 0 aromatic heterocycles. The number of rotatable bonds is 3. The molecule has 3 nitrogen and oxygen atoms in total. The van der Waals surface area contributed by atoms with Crippen LogP contribution >= 0.6 is 0 Å². The minimum Gasteiger partial charge on any atom is -0.497 e. The lowest BCUT2D eigenvalue weighted by Crippen LogP contribution is -2.60. The zero-order chi connectivity index (χ0) is 13.3. The number of benzene rings is 1. The van der Waals surface area contributed by atoms with Crippen LogP contribution in [0.2, 0.25) is 0 Å². The Morgan fingerprint density at radius 2 is 2.22 bits per heavy atom. The van der Waals surface area contributed by atoms with Crippen molar-refractivity contribution in [1.82, 2.24) is 0 Å². The van der Waals surface area contributed by atoms with Crippen LogP contribution in [0.25, 0.3) is 0 Å². The first-order valence-corrected chi connectivity index (χ1v) is 6.45. The molecule has 18 heavy (non-hydrogen) atoms. The zero-order valence-electron chi connectivity index (χ0n) is 11.7. The standard InChI is InChI=1S/C15H22N2O/c1-5-10-6-7-11(18-4)8-12(10)15(2)9-13(17-3)14(15)16/h6-8,14H,5,9,16H2,1-4H3/b17-13-/t14-,15+/m0/s1. The van der Waals surface area contributed by atoms with Crippen LogP contribution in [0.4, 0.5) is 0 Å². The lowest BCUT2D eigenvalue weighted by atomic mass is 9.59. The van der Waals surface area contributed by atoms with E-state index in [-0.39, 0.29) is 11.5 Å². The lowest BCUT2D eigenvalue weighted by Gasteiger charge is -2.47. The minimum absolute atomic E-state index is 0.00523. The summed E-state index contributed by atoms with van der Waals surface area (Å²) in [6.45, 7) is 4.40. The molecular formula is C15H22N2O. The molecule has 1 saturated carbocycles. The Hall–Kier alpha value is -1.35. The summed E-state index contributed by atoms with van der Waals surface area (Å²) in [5.74, 6) is 0.900. The Bertz CT molecular complexity index is 481.